The van der Waals surface area contributed by atoms with Gasteiger partial charge in [-0.05, 0) is 12.1 Å². The lowest BCUT2D eigenvalue weighted by molar-refractivity contribution is -0.137. The molecule has 6 heteroatoms. The van der Waals surface area contributed by atoms with Crippen LogP contribution in [-0.2, 0) is 6.18 Å². The average Bonchev–Trinajstić information content (AvgIpc) is 2.07. The van der Waals surface area contributed by atoms with Gasteiger partial charge in [0.2, 0.25) is 0 Å². The zero-order valence-corrected chi connectivity index (χ0v) is 6.73. The Morgan fingerprint density at radius 2 is 1.86 bits per heavy atom. The maximum absolute atomic E-state index is 12.8. The molecule has 0 aliphatic rings. The van der Waals surface area contributed by atoms with Crippen molar-refractivity contribution in [1.82, 2.24) is 0 Å². The standard InChI is InChI=1S/C8H5F4NO/c9-6-2-5(8(10,11)12)1-4(3-14)7(6)13/h1-3H,13H2. The van der Waals surface area contributed by atoms with Gasteiger partial charge in [-0.3, -0.25) is 4.79 Å². The Morgan fingerprint density at radius 3 is 2.29 bits per heavy atom. The number of benzene rings is 1. The van der Waals surface area contributed by atoms with E-state index in [1.165, 1.54) is 0 Å². The van der Waals surface area contributed by atoms with Crippen LogP contribution >= 0.6 is 0 Å². The van der Waals surface area contributed by atoms with Gasteiger partial charge >= 0.3 is 6.18 Å². The summed E-state index contributed by atoms with van der Waals surface area (Å²) in [6, 6.07) is 0.758. The highest BCUT2D eigenvalue weighted by atomic mass is 19.4. The molecule has 0 aliphatic carbocycles. The number of halogens is 4. The number of nitrogens with two attached hydrogens (primary N) is 1. The van der Waals surface area contributed by atoms with E-state index in [1.54, 1.807) is 0 Å². The average molecular weight is 207 g/mol. The second kappa shape index (κ2) is 3.28. The largest absolute Gasteiger partial charge is 0.416 e. The molecule has 0 aliphatic heterocycles. The number of nitrogen functional groups attached to an aromatic ring is 1. The van der Waals surface area contributed by atoms with Crippen molar-refractivity contribution in [3.63, 3.8) is 0 Å². The number of alkyl halides is 3. The van der Waals surface area contributed by atoms with E-state index in [-0.39, 0.29) is 12.4 Å². The second-order valence-electron chi connectivity index (χ2n) is 2.58. The van der Waals surface area contributed by atoms with Crippen LogP contribution in [0.5, 0.6) is 0 Å². The maximum Gasteiger partial charge on any atom is 0.416 e. The van der Waals surface area contributed by atoms with Gasteiger partial charge in [0, 0.05) is 5.56 Å². The number of rotatable bonds is 1. The highest BCUT2D eigenvalue weighted by molar-refractivity contribution is 5.83. The number of anilines is 1. The van der Waals surface area contributed by atoms with Gasteiger partial charge in [-0.25, -0.2) is 4.39 Å². The van der Waals surface area contributed by atoms with Crippen molar-refractivity contribution < 1.29 is 22.4 Å². The van der Waals surface area contributed by atoms with E-state index in [1.807, 2.05) is 0 Å². The molecule has 0 radical (unpaired) electrons. The summed E-state index contributed by atoms with van der Waals surface area (Å²) in [5.74, 6) is -1.25. The molecule has 0 atom stereocenters. The number of aldehydes is 1. The molecule has 1 aromatic carbocycles. The van der Waals surface area contributed by atoms with E-state index in [0.717, 1.165) is 0 Å². The first-order valence-electron chi connectivity index (χ1n) is 3.47. The first-order valence-corrected chi connectivity index (χ1v) is 3.47. The van der Waals surface area contributed by atoms with Crippen molar-refractivity contribution in [2.45, 2.75) is 6.18 Å². The highest BCUT2D eigenvalue weighted by Gasteiger charge is 2.32. The van der Waals surface area contributed by atoms with Crippen LogP contribution in [0, 0.1) is 5.82 Å². The van der Waals surface area contributed by atoms with E-state index < -0.39 is 28.8 Å². The van der Waals surface area contributed by atoms with E-state index >= 15 is 0 Å². The predicted molar refractivity (Wildman–Crippen MR) is 41.2 cm³/mol. The van der Waals surface area contributed by atoms with Crippen molar-refractivity contribution in [3.05, 3.63) is 29.1 Å². The predicted octanol–water partition coefficient (Wildman–Crippen LogP) is 2.24. The molecular weight excluding hydrogens is 202 g/mol. The van der Waals surface area contributed by atoms with Gasteiger partial charge in [0.15, 0.2) is 6.29 Å². The normalized spacial score (nSPS) is 11.4. The molecule has 1 aromatic rings. The summed E-state index contributed by atoms with van der Waals surface area (Å²) < 4.78 is 49.1. The fraction of sp³-hybridized carbons (Fsp3) is 0.125. The third-order valence-corrected chi connectivity index (χ3v) is 1.62. The molecule has 0 aromatic heterocycles. The Balaban J connectivity index is 3.37. The molecule has 0 saturated carbocycles. The van der Waals surface area contributed by atoms with Gasteiger partial charge in [-0.15, -0.1) is 0 Å². The molecule has 0 unspecified atom stereocenters. The van der Waals surface area contributed by atoms with Crippen LogP contribution in [0.25, 0.3) is 0 Å². The number of hydrogen-bond donors (Lipinski definition) is 1. The summed E-state index contributed by atoms with van der Waals surface area (Å²) in [4.78, 5) is 10.2. The molecule has 2 N–H and O–H groups in total. The monoisotopic (exact) mass is 207 g/mol. The summed E-state index contributed by atoms with van der Waals surface area (Å²) in [5.41, 5.74) is 2.72. The number of carbonyl (C=O) groups excluding carboxylic acids is 1. The number of hydrogen-bond acceptors (Lipinski definition) is 2. The zero-order chi connectivity index (χ0) is 10.9. The van der Waals surface area contributed by atoms with Gasteiger partial charge in [-0.2, -0.15) is 13.2 Å². The topological polar surface area (TPSA) is 43.1 Å². The highest BCUT2D eigenvalue weighted by Crippen LogP contribution is 2.32. The van der Waals surface area contributed by atoms with Crippen LogP contribution < -0.4 is 5.73 Å². The Hall–Kier alpha value is -1.59. The van der Waals surface area contributed by atoms with Crippen molar-refractivity contribution >= 4 is 12.0 Å². The summed E-state index contributed by atoms with van der Waals surface area (Å²) in [6.07, 6.45) is -4.61. The minimum Gasteiger partial charge on any atom is -0.396 e. The van der Waals surface area contributed by atoms with Gasteiger partial charge in [-0.1, -0.05) is 0 Å². The van der Waals surface area contributed by atoms with Crippen LogP contribution in [0.15, 0.2) is 12.1 Å². The van der Waals surface area contributed by atoms with Gasteiger partial charge in [0.05, 0.1) is 11.3 Å². The fourth-order valence-corrected chi connectivity index (χ4v) is 0.900. The molecule has 1 rings (SSSR count). The van der Waals surface area contributed by atoms with Crippen molar-refractivity contribution in [2.75, 3.05) is 5.73 Å². The lowest BCUT2D eigenvalue weighted by atomic mass is 10.1. The van der Waals surface area contributed by atoms with Crippen LogP contribution in [0.4, 0.5) is 23.2 Å². The fourth-order valence-electron chi connectivity index (χ4n) is 0.900. The molecule has 2 nitrogen and oxygen atoms in total. The van der Waals surface area contributed by atoms with E-state index in [2.05, 4.69) is 0 Å². The zero-order valence-electron chi connectivity index (χ0n) is 6.73. The Morgan fingerprint density at radius 1 is 1.29 bits per heavy atom. The van der Waals surface area contributed by atoms with Gasteiger partial charge in [0.25, 0.3) is 0 Å². The quantitative estimate of drug-likeness (QED) is 0.436. The van der Waals surface area contributed by atoms with E-state index in [4.69, 9.17) is 5.73 Å². The van der Waals surface area contributed by atoms with Gasteiger partial charge in [0.1, 0.15) is 5.82 Å². The van der Waals surface area contributed by atoms with Crippen LogP contribution in [0.2, 0.25) is 0 Å². The Kier molecular flexibility index (Phi) is 2.46. The molecule has 14 heavy (non-hydrogen) atoms. The second-order valence-corrected chi connectivity index (χ2v) is 2.58. The summed E-state index contributed by atoms with van der Waals surface area (Å²) in [7, 11) is 0. The molecular formula is C8H5F4NO. The lowest BCUT2D eigenvalue weighted by Gasteiger charge is -2.08. The van der Waals surface area contributed by atoms with Crippen molar-refractivity contribution in [3.8, 4) is 0 Å². The minimum atomic E-state index is -4.69. The summed E-state index contributed by atoms with van der Waals surface area (Å²) in [5, 5.41) is 0. The molecule has 0 spiro atoms. The van der Waals surface area contributed by atoms with E-state index in [9.17, 15) is 22.4 Å². The Bertz CT molecular complexity index is 372. The SMILES string of the molecule is Nc1c(F)cc(C(F)(F)F)cc1C=O. The van der Waals surface area contributed by atoms with Crippen LogP contribution in [0.1, 0.15) is 15.9 Å². The Labute approximate surface area is 76.3 Å². The molecule has 76 valence electrons. The van der Waals surface area contributed by atoms with Crippen LogP contribution in [0.3, 0.4) is 0 Å². The maximum atomic E-state index is 12.8. The molecule has 0 heterocycles. The van der Waals surface area contributed by atoms with Crippen LogP contribution in [-0.4, -0.2) is 6.29 Å². The third-order valence-electron chi connectivity index (χ3n) is 1.62. The lowest BCUT2D eigenvalue weighted by Crippen LogP contribution is -2.08. The molecule has 0 fully saturated rings. The third kappa shape index (κ3) is 1.84. The summed E-state index contributed by atoms with van der Waals surface area (Å²) >= 11 is 0. The van der Waals surface area contributed by atoms with Gasteiger partial charge < -0.3 is 5.73 Å². The minimum absolute atomic E-state index is 0.0770. The molecule has 0 saturated heterocycles. The first-order chi connectivity index (χ1) is 6.36. The van der Waals surface area contributed by atoms with E-state index in [0.29, 0.717) is 6.07 Å². The smallest absolute Gasteiger partial charge is 0.396 e. The first kappa shape index (κ1) is 10.5. The van der Waals surface area contributed by atoms with Crippen molar-refractivity contribution in [2.24, 2.45) is 0 Å². The molecule has 0 bridgehead atoms. The number of carbonyl (C=O) groups is 1. The molecule has 0 amide bonds. The van der Waals surface area contributed by atoms with Crippen molar-refractivity contribution in [1.29, 1.82) is 0 Å². The summed E-state index contributed by atoms with van der Waals surface area (Å²) in [6.45, 7) is 0.